The van der Waals surface area contributed by atoms with Gasteiger partial charge in [-0.2, -0.15) is 0 Å². The molecule has 1 amide bonds. The van der Waals surface area contributed by atoms with E-state index in [-0.39, 0.29) is 12.5 Å². The number of alkyl halides is 1. The Balaban J connectivity index is 2.77. The van der Waals surface area contributed by atoms with Crippen LogP contribution in [0.2, 0.25) is 0 Å². The lowest BCUT2D eigenvalue weighted by Gasteiger charge is -2.26. The Morgan fingerprint density at radius 3 is 2.53 bits per heavy atom. The number of carbonyl (C=O) groups excluding carboxylic acids is 1. The maximum Gasteiger partial charge on any atom is 0.252 e. The highest BCUT2D eigenvalue weighted by Gasteiger charge is 2.30. The second-order valence-corrected chi connectivity index (χ2v) is 5.89. The predicted molar refractivity (Wildman–Crippen MR) is 74.1 cm³/mol. The molecule has 1 aromatic carbocycles. The van der Waals surface area contributed by atoms with Gasteiger partial charge in [0.2, 0.25) is 0 Å². The summed E-state index contributed by atoms with van der Waals surface area (Å²) in [6.07, 6.45) is 0. The van der Waals surface area contributed by atoms with E-state index in [1.807, 2.05) is 24.3 Å². The molecule has 0 radical (unpaired) electrons. The zero-order valence-electron chi connectivity index (χ0n) is 9.78. The van der Waals surface area contributed by atoms with Crippen molar-refractivity contribution in [3.8, 4) is 0 Å². The first-order valence-electron chi connectivity index (χ1n) is 5.18. The molecule has 0 fully saturated rings. The fraction of sp³-hybridized carbons (Fsp3) is 0.417. The zero-order valence-corrected chi connectivity index (χ0v) is 13.0. The van der Waals surface area contributed by atoms with Gasteiger partial charge in [-0.1, -0.05) is 63.9 Å². The molecule has 1 aromatic rings. The Labute approximate surface area is 118 Å². The van der Waals surface area contributed by atoms with Gasteiger partial charge in [0.25, 0.3) is 5.91 Å². The summed E-state index contributed by atoms with van der Waals surface area (Å²) in [4.78, 5) is 11.9. The van der Waals surface area contributed by atoms with Gasteiger partial charge in [0.15, 0.2) is 0 Å². The molecule has 0 spiro atoms. The first-order valence-corrected chi connectivity index (χ1v) is 7.10. The number of hydrogen-bond donors (Lipinski definition) is 1. The number of benzene rings is 1. The number of amides is 1. The molecule has 0 atom stereocenters. The Hall–Kier alpha value is -0.390. The van der Waals surface area contributed by atoms with Crippen LogP contribution >= 0.6 is 31.9 Å². The van der Waals surface area contributed by atoms with Crippen molar-refractivity contribution in [3.05, 3.63) is 34.3 Å². The summed E-state index contributed by atoms with van der Waals surface area (Å²) in [5.74, 6) is -0.301. The third-order valence-electron chi connectivity index (χ3n) is 2.43. The van der Waals surface area contributed by atoms with Crippen molar-refractivity contribution in [3.63, 3.8) is 0 Å². The summed E-state index contributed by atoms with van der Waals surface area (Å²) < 4.78 is 0.878. The van der Waals surface area contributed by atoms with Crippen LogP contribution in [-0.4, -0.2) is 21.5 Å². The highest BCUT2D eigenvalue weighted by molar-refractivity contribution is 9.10. The van der Waals surface area contributed by atoms with Crippen molar-refractivity contribution >= 4 is 37.8 Å². The normalized spacial score (nSPS) is 11.4. The van der Waals surface area contributed by atoms with Crippen LogP contribution in [-0.2, 0) is 11.3 Å². The van der Waals surface area contributed by atoms with Gasteiger partial charge >= 0.3 is 0 Å². The molecular formula is C12H15Br2NO2. The summed E-state index contributed by atoms with van der Waals surface area (Å²) in [5, 5.41) is 11.1. The molecular weight excluding hydrogens is 350 g/mol. The van der Waals surface area contributed by atoms with Crippen molar-refractivity contribution in [2.75, 3.05) is 5.33 Å². The molecule has 1 N–H and O–H groups in total. The second kappa shape index (κ2) is 5.98. The lowest BCUT2D eigenvalue weighted by atomic mass is 9.95. The number of halogens is 2. The standard InChI is InChI=1S/C12H15Br2NO2/c1-12(2,8-13)11(16)15(17)7-9-5-3-4-6-10(9)14/h3-6,17H,7-8H2,1-2H3. The van der Waals surface area contributed by atoms with Gasteiger partial charge in [-0.15, -0.1) is 0 Å². The summed E-state index contributed by atoms with van der Waals surface area (Å²) in [6.45, 7) is 3.75. The molecule has 0 aliphatic heterocycles. The van der Waals surface area contributed by atoms with E-state index in [1.165, 1.54) is 0 Å². The highest BCUT2D eigenvalue weighted by atomic mass is 79.9. The van der Waals surface area contributed by atoms with E-state index in [4.69, 9.17) is 0 Å². The maximum absolute atomic E-state index is 11.9. The van der Waals surface area contributed by atoms with E-state index in [1.54, 1.807) is 13.8 Å². The SMILES string of the molecule is CC(C)(CBr)C(=O)N(O)Cc1ccccc1Br. The number of hydroxylamine groups is 2. The molecule has 0 saturated heterocycles. The monoisotopic (exact) mass is 363 g/mol. The largest absolute Gasteiger partial charge is 0.286 e. The van der Waals surface area contributed by atoms with E-state index in [0.29, 0.717) is 5.33 Å². The van der Waals surface area contributed by atoms with Gasteiger partial charge in [0, 0.05) is 9.80 Å². The van der Waals surface area contributed by atoms with Crippen LogP contribution in [0.25, 0.3) is 0 Å². The van der Waals surface area contributed by atoms with Gasteiger partial charge in [-0.05, 0) is 11.6 Å². The summed E-state index contributed by atoms with van der Waals surface area (Å²) >= 11 is 6.65. The van der Waals surface area contributed by atoms with Crippen molar-refractivity contribution in [1.29, 1.82) is 0 Å². The van der Waals surface area contributed by atoms with E-state index < -0.39 is 5.41 Å². The van der Waals surface area contributed by atoms with Gasteiger partial charge in [-0.25, -0.2) is 5.06 Å². The lowest BCUT2D eigenvalue weighted by molar-refractivity contribution is -0.176. The fourth-order valence-corrected chi connectivity index (χ4v) is 1.92. The molecule has 17 heavy (non-hydrogen) atoms. The molecule has 0 saturated carbocycles. The maximum atomic E-state index is 11.9. The summed E-state index contributed by atoms with van der Waals surface area (Å²) in [5.41, 5.74) is 0.254. The number of carbonyl (C=O) groups is 1. The van der Waals surface area contributed by atoms with Crippen molar-refractivity contribution in [2.24, 2.45) is 5.41 Å². The minimum atomic E-state index is -0.615. The first kappa shape index (κ1) is 14.7. The van der Waals surface area contributed by atoms with Gasteiger partial charge in [0.05, 0.1) is 12.0 Å². The lowest BCUT2D eigenvalue weighted by Crippen LogP contribution is -2.39. The Morgan fingerprint density at radius 2 is 2.00 bits per heavy atom. The van der Waals surface area contributed by atoms with Crippen molar-refractivity contribution in [2.45, 2.75) is 20.4 Å². The minimum absolute atomic E-state index is 0.177. The molecule has 94 valence electrons. The van der Waals surface area contributed by atoms with Crippen LogP contribution in [0.15, 0.2) is 28.7 Å². The molecule has 3 nitrogen and oxygen atoms in total. The molecule has 1 rings (SSSR count). The smallest absolute Gasteiger partial charge is 0.252 e. The van der Waals surface area contributed by atoms with Crippen LogP contribution in [0.3, 0.4) is 0 Å². The molecule has 0 aromatic heterocycles. The van der Waals surface area contributed by atoms with Gasteiger partial charge in [-0.3, -0.25) is 10.0 Å². The minimum Gasteiger partial charge on any atom is -0.286 e. The quantitative estimate of drug-likeness (QED) is 0.504. The average molecular weight is 365 g/mol. The van der Waals surface area contributed by atoms with Crippen LogP contribution in [0.4, 0.5) is 0 Å². The number of nitrogens with zero attached hydrogens (tertiary/aromatic N) is 1. The second-order valence-electron chi connectivity index (χ2n) is 4.47. The van der Waals surface area contributed by atoms with Crippen LogP contribution < -0.4 is 0 Å². The molecule has 0 aliphatic carbocycles. The Bertz CT molecular complexity index is 407. The zero-order chi connectivity index (χ0) is 13.1. The van der Waals surface area contributed by atoms with Crippen LogP contribution in [0.5, 0.6) is 0 Å². The van der Waals surface area contributed by atoms with E-state index in [2.05, 4.69) is 31.9 Å². The average Bonchev–Trinajstić information content (AvgIpc) is 2.31. The van der Waals surface area contributed by atoms with E-state index >= 15 is 0 Å². The Kier molecular flexibility index (Phi) is 5.16. The summed E-state index contributed by atoms with van der Waals surface area (Å²) in [7, 11) is 0. The predicted octanol–water partition coefficient (Wildman–Crippen LogP) is 3.59. The van der Waals surface area contributed by atoms with E-state index in [0.717, 1.165) is 15.1 Å². The fourth-order valence-electron chi connectivity index (χ4n) is 1.27. The summed E-state index contributed by atoms with van der Waals surface area (Å²) in [6, 6.07) is 7.50. The van der Waals surface area contributed by atoms with Gasteiger partial charge < -0.3 is 0 Å². The highest BCUT2D eigenvalue weighted by Crippen LogP contribution is 2.23. The number of hydrogen-bond acceptors (Lipinski definition) is 2. The molecule has 0 unspecified atom stereocenters. The van der Waals surface area contributed by atoms with Crippen LogP contribution in [0.1, 0.15) is 19.4 Å². The third kappa shape index (κ3) is 3.79. The third-order valence-corrected chi connectivity index (χ3v) is 4.60. The first-order chi connectivity index (χ1) is 7.88. The van der Waals surface area contributed by atoms with Crippen molar-refractivity contribution in [1.82, 2.24) is 5.06 Å². The molecule has 0 heterocycles. The Morgan fingerprint density at radius 1 is 1.41 bits per heavy atom. The van der Waals surface area contributed by atoms with Gasteiger partial charge in [0.1, 0.15) is 0 Å². The van der Waals surface area contributed by atoms with Crippen LogP contribution in [0, 0.1) is 5.41 Å². The topological polar surface area (TPSA) is 40.5 Å². The molecule has 0 aliphatic rings. The number of rotatable bonds is 4. The molecule has 0 bridgehead atoms. The molecule has 5 heteroatoms. The van der Waals surface area contributed by atoms with Crippen molar-refractivity contribution < 1.29 is 10.0 Å². The van der Waals surface area contributed by atoms with E-state index in [9.17, 15) is 10.0 Å².